The van der Waals surface area contributed by atoms with Crippen molar-refractivity contribution in [3.63, 3.8) is 0 Å². The zero-order valence-electron chi connectivity index (χ0n) is 16.7. The summed E-state index contributed by atoms with van der Waals surface area (Å²) >= 11 is 0. The molecule has 1 amide bonds. The number of nitrogens with zero attached hydrogens (tertiary/aromatic N) is 3. The first kappa shape index (κ1) is 19.3. The molecule has 0 atom stereocenters. The van der Waals surface area contributed by atoms with Crippen molar-refractivity contribution in [3.05, 3.63) is 78.5 Å². The molecule has 4 rings (SSSR count). The maximum absolute atomic E-state index is 12.5. The van der Waals surface area contributed by atoms with Crippen LogP contribution >= 0.6 is 0 Å². The van der Waals surface area contributed by atoms with Gasteiger partial charge in [0.15, 0.2) is 11.5 Å². The van der Waals surface area contributed by atoms with Gasteiger partial charge in [0.25, 0.3) is 0 Å². The topological polar surface area (TPSA) is 81.3 Å². The molecule has 2 N–H and O–H groups in total. The number of carbonyl (C=O) groups excluding carboxylic acids is 1. The number of nitrogens with one attached hydrogen (secondary N) is 1. The van der Waals surface area contributed by atoms with Gasteiger partial charge in [-0.15, -0.1) is 0 Å². The predicted molar refractivity (Wildman–Crippen MR) is 117 cm³/mol. The number of hydrogen-bond donors (Lipinski definition) is 2. The van der Waals surface area contributed by atoms with Gasteiger partial charge in [-0.3, -0.25) is 4.79 Å². The number of imidazole rings is 1. The maximum Gasteiger partial charge on any atom is 0.248 e. The van der Waals surface area contributed by atoms with E-state index in [-0.39, 0.29) is 11.7 Å². The van der Waals surface area contributed by atoms with Crippen molar-refractivity contribution in [1.29, 1.82) is 0 Å². The van der Waals surface area contributed by atoms with Crippen molar-refractivity contribution in [2.45, 2.75) is 6.54 Å². The number of methoxy groups -OCH3 is 1. The van der Waals surface area contributed by atoms with E-state index in [2.05, 4.69) is 14.9 Å². The Hall–Kier alpha value is -4.00. The number of phenols is 1. The summed E-state index contributed by atoms with van der Waals surface area (Å²) in [5.41, 5.74) is 3.29. The Morgan fingerprint density at radius 2 is 2.13 bits per heavy atom. The number of aryl methyl sites for hydroxylation is 1. The smallest absolute Gasteiger partial charge is 0.248 e. The summed E-state index contributed by atoms with van der Waals surface area (Å²) in [6.45, 7) is 0.609. The van der Waals surface area contributed by atoms with Crippen molar-refractivity contribution < 1.29 is 14.6 Å². The third-order valence-corrected chi connectivity index (χ3v) is 4.77. The Morgan fingerprint density at radius 1 is 1.27 bits per heavy atom. The number of aromatic nitrogens is 3. The first-order valence-corrected chi connectivity index (χ1v) is 9.44. The first-order valence-electron chi connectivity index (χ1n) is 9.44. The number of aromatic hydroxyl groups is 1. The quantitative estimate of drug-likeness (QED) is 0.481. The number of ether oxygens (including phenoxy) is 1. The van der Waals surface area contributed by atoms with E-state index in [1.165, 1.54) is 13.2 Å². The van der Waals surface area contributed by atoms with Gasteiger partial charge in [-0.1, -0.05) is 18.2 Å². The molecule has 30 heavy (non-hydrogen) atoms. The van der Waals surface area contributed by atoms with Crippen LogP contribution in [0.25, 0.3) is 17.0 Å². The molecule has 0 saturated heterocycles. The van der Waals surface area contributed by atoms with E-state index in [0.29, 0.717) is 17.9 Å². The first-order chi connectivity index (χ1) is 14.5. The number of hydrogen-bond acceptors (Lipinski definition) is 4. The minimum atomic E-state index is -0.261. The van der Waals surface area contributed by atoms with Crippen molar-refractivity contribution in [1.82, 2.24) is 14.1 Å². The van der Waals surface area contributed by atoms with Gasteiger partial charge < -0.3 is 24.3 Å². The lowest BCUT2D eigenvalue weighted by Crippen LogP contribution is -2.09. The third kappa shape index (κ3) is 4.05. The second-order valence-corrected chi connectivity index (χ2v) is 6.97. The maximum atomic E-state index is 12.5. The molecule has 0 aliphatic heterocycles. The molecule has 7 nitrogen and oxygen atoms in total. The highest BCUT2D eigenvalue weighted by atomic mass is 16.5. The average molecular weight is 402 g/mol. The van der Waals surface area contributed by atoms with Crippen molar-refractivity contribution in [2.24, 2.45) is 7.05 Å². The molecule has 7 heteroatoms. The molecule has 0 radical (unpaired) electrons. The molecule has 2 heterocycles. The van der Waals surface area contributed by atoms with Crippen LogP contribution in [0.4, 0.5) is 5.69 Å². The van der Waals surface area contributed by atoms with E-state index >= 15 is 0 Å². The minimum absolute atomic E-state index is 0.0252. The zero-order chi connectivity index (χ0) is 21.1. The zero-order valence-corrected chi connectivity index (χ0v) is 16.7. The van der Waals surface area contributed by atoms with E-state index < -0.39 is 0 Å². The summed E-state index contributed by atoms with van der Waals surface area (Å²) in [5.74, 6) is 0.150. The number of rotatable bonds is 6. The second kappa shape index (κ2) is 8.16. The summed E-state index contributed by atoms with van der Waals surface area (Å²) in [6.07, 6.45) is 8.81. The number of fused-ring (bicyclic) bond motifs is 1. The monoisotopic (exact) mass is 402 g/mol. The van der Waals surface area contributed by atoms with E-state index in [0.717, 1.165) is 22.3 Å². The summed E-state index contributed by atoms with van der Waals surface area (Å²) < 4.78 is 9.01. The fourth-order valence-electron chi connectivity index (χ4n) is 3.37. The van der Waals surface area contributed by atoms with Crippen molar-refractivity contribution >= 4 is 28.6 Å². The Balaban J connectivity index is 1.55. The van der Waals surface area contributed by atoms with Crippen LogP contribution in [0.15, 0.2) is 67.3 Å². The SMILES string of the molecule is COc1ccc(C=CC(=O)Nc2cccc3ccn(Cc4cn(C)cn4)c23)cc1O. The van der Waals surface area contributed by atoms with Gasteiger partial charge in [-0.05, 0) is 35.9 Å². The molecule has 0 unspecified atom stereocenters. The standard InChI is InChI=1S/C23H22N4O3/c1-26-13-18(24-15-26)14-27-11-10-17-4-3-5-19(23(17)27)25-22(29)9-7-16-6-8-21(30-2)20(28)12-16/h3-13,15,28H,14H2,1-2H3,(H,25,29). The second-order valence-electron chi connectivity index (χ2n) is 6.97. The number of para-hydroxylation sites is 1. The van der Waals surface area contributed by atoms with Crippen LogP contribution in [0.3, 0.4) is 0 Å². The van der Waals surface area contributed by atoms with E-state index in [1.54, 1.807) is 30.6 Å². The highest BCUT2D eigenvalue weighted by Gasteiger charge is 2.10. The number of anilines is 1. The fourth-order valence-corrected chi connectivity index (χ4v) is 3.37. The van der Waals surface area contributed by atoms with E-state index in [4.69, 9.17) is 4.74 Å². The molecular formula is C23H22N4O3. The van der Waals surface area contributed by atoms with E-state index in [1.807, 2.05) is 48.3 Å². The largest absolute Gasteiger partial charge is 0.504 e. The molecule has 152 valence electrons. The number of benzene rings is 2. The number of carbonyl (C=O) groups is 1. The molecule has 0 aliphatic carbocycles. The Kier molecular flexibility index (Phi) is 5.26. The van der Waals surface area contributed by atoms with Gasteiger partial charge in [0, 0.05) is 30.9 Å². The molecule has 2 aromatic heterocycles. The van der Waals surface area contributed by atoms with Gasteiger partial charge in [0.05, 0.1) is 36.9 Å². The molecule has 0 aliphatic rings. The summed E-state index contributed by atoms with van der Waals surface area (Å²) in [4.78, 5) is 16.9. The lowest BCUT2D eigenvalue weighted by molar-refractivity contribution is -0.111. The Labute approximate surface area is 173 Å². The van der Waals surface area contributed by atoms with E-state index in [9.17, 15) is 9.90 Å². The molecule has 4 aromatic rings. The predicted octanol–water partition coefficient (Wildman–Crippen LogP) is 3.79. The number of phenolic OH excluding ortho intramolecular Hbond substituents is 1. The third-order valence-electron chi connectivity index (χ3n) is 4.77. The van der Waals surface area contributed by atoms with Crippen LogP contribution in [-0.2, 0) is 18.4 Å². The number of amides is 1. The van der Waals surface area contributed by atoms with Crippen molar-refractivity contribution in [3.8, 4) is 11.5 Å². The molecule has 0 fully saturated rings. The fraction of sp³-hybridized carbons (Fsp3) is 0.130. The van der Waals surface area contributed by atoms with Crippen LogP contribution in [0.5, 0.6) is 11.5 Å². The molecule has 0 bridgehead atoms. The molecule has 0 saturated carbocycles. The summed E-state index contributed by atoms with van der Waals surface area (Å²) in [7, 11) is 3.42. The van der Waals surface area contributed by atoms with Gasteiger partial charge in [-0.2, -0.15) is 0 Å². The van der Waals surface area contributed by atoms with Gasteiger partial charge >= 0.3 is 0 Å². The lowest BCUT2D eigenvalue weighted by Gasteiger charge is -2.09. The van der Waals surface area contributed by atoms with Crippen LogP contribution < -0.4 is 10.1 Å². The normalized spacial score (nSPS) is 11.3. The lowest BCUT2D eigenvalue weighted by atomic mass is 10.2. The van der Waals surface area contributed by atoms with Gasteiger partial charge in [0.1, 0.15) is 0 Å². The van der Waals surface area contributed by atoms with Crippen molar-refractivity contribution in [2.75, 3.05) is 12.4 Å². The highest BCUT2D eigenvalue weighted by molar-refractivity contribution is 6.06. The van der Waals surface area contributed by atoms with Crippen LogP contribution in [0.2, 0.25) is 0 Å². The van der Waals surface area contributed by atoms with Gasteiger partial charge in [-0.25, -0.2) is 4.98 Å². The minimum Gasteiger partial charge on any atom is -0.504 e. The summed E-state index contributed by atoms with van der Waals surface area (Å²) in [5, 5.41) is 13.9. The Bertz CT molecular complexity index is 1240. The average Bonchev–Trinajstić information content (AvgIpc) is 3.33. The molecule has 0 spiro atoms. The highest BCUT2D eigenvalue weighted by Crippen LogP contribution is 2.27. The molecule has 2 aromatic carbocycles. The van der Waals surface area contributed by atoms with Crippen LogP contribution in [0, 0.1) is 0 Å². The Morgan fingerprint density at radius 3 is 2.87 bits per heavy atom. The van der Waals surface area contributed by atoms with Crippen LogP contribution in [0.1, 0.15) is 11.3 Å². The summed E-state index contributed by atoms with van der Waals surface area (Å²) in [6, 6.07) is 12.8. The van der Waals surface area contributed by atoms with Gasteiger partial charge in [0.2, 0.25) is 5.91 Å². The van der Waals surface area contributed by atoms with Crippen LogP contribution in [-0.4, -0.2) is 32.2 Å². The molecular weight excluding hydrogens is 380 g/mol.